The number of phenolic OH excluding ortho intramolecular Hbond substituents is 1. The molecule has 1 aliphatic carbocycles. The maximum atomic E-state index is 11.8. The number of phenols is 1. The summed E-state index contributed by atoms with van der Waals surface area (Å²) >= 11 is 3.19. The van der Waals surface area contributed by atoms with E-state index in [1.807, 2.05) is 0 Å². The van der Waals surface area contributed by atoms with E-state index >= 15 is 0 Å². The van der Waals surface area contributed by atoms with Crippen LogP contribution >= 0.6 is 15.9 Å². The van der Waals surface area contributed by atoms with Gasteiger partial charge in [0.15, 0.2) is 0 Å². The Morgan fingerprint density at radius 2 is 2.11 bits per heavy atom. The van der Waals surface area contributed by atoms with Gasteiger partial charge in [-0.15, -0.1) is 0 Å². The first kappa shape index (κ1) is 13.4. The maximum absolute atomic E-state index is 11.8. The van der Waals surface area contributed by atoms with Crippen molar-refractivity contribution < 1.29 is 9.90 Å². The van der Waals surface area contributed by atoms with E-state index in [-0.39, 0.29) is 11.7 Å². The Balaban J connectivity index is 1.81. The second kappa shape index (κ2) is 6.23. The van der Waals surface area contributed by atoms with Crippen LogP contribution in [0.3, 0.4) is 0 Å². The number of aromatic hydroxyl groups is 1. The Hall–Kier alpha value is -1.03. The van der Waals surface area contributed by atoms with Crippen LogP contribution in [0.1, 0.15) is 42.5 Å². The lowest BCUT2D eigenvalue weighted by Gasteiger charge is -2.10. The minimum absolute atomic E-state index is 0.0958. The molecule has 1 saturated carbocycles. The molecule has 1 aromatic rings. The molecule has 0 saturated heterocycles. The summed E-state index contributed by atoms with van der Waals surface area (Å²) in [6, 6.07) is 4.87. The van der Waals surface area contributed by atoms with Crippen molar-refractivity contribution in [1.29, 1.82) is 0 Å². The Morgan fingerprint density at radius 1 is 1.39 bits per heavy atom. The molecule has 0 radical (unpaired) electrons. The molecule has 98 valence electrons. The summed E-state index contributed by atoms with van der Waals surface area (Å²) in [6.45, 7) is 0.723. The molecule has 2 N–H and O–H groups in total. The van der Waals surface area contributed by atoms with Crippen LogP contribution in [0.25, 0.3) is 0 Å². The lowest BCUT2D eigenvalue weighted by Crippen LogP contribution is -2.25. The van der Waals surface area contributed by atoms with E-state index in [2.05, 4.69) is 21.2 Å². The third-order valence-corrected chi connectivity index (χ3v) is 4.19. The average Bonchev–Trinajstić information content (AvgIpc) is 2.85. The predicted molar refractivity (Wildman–Crippen MR) is 74.7 cm³/mol. The van der Waals surface area contributed by atoms with Gasteiger partial charge in [0.1, 0.15) is 5.75 Å². The van der Waals surface area contributed by atoms with Crippen molar-refractivity contribution in [1.82, 2.24) is 5.32 Å². The number of benzene rings is 1. The van der Waals surface area contributed by atoms with E-state index in [0.29, 0.717) is 10.0 Å². The first-order valence-electron chi connectivity index (χ1n) is 6.43. The summed E-state index contributed by atoms with van der Waals surface area (Å²) in [6.07, 6.45) is 6.33. The molecule has 4 heteroatoms. The Kier molecular flexibility index (Phi) is 4.64. The van der Waals surface area contributed by atoms with Crippen molar-refractivity contribution in [3.63, 3.8) is 0 Å². The molecule has 0 aliphatic heterocycles. The van der Waals surface area contributed by atoms with E-state index in [9.17, 15) is 9.90 Å². The van der Waals surface area contributed by atoms with Crippen LogP contribution < -0.4 is 5.32 Å². The molecule has 1 aromatic carbocycles. The summed E-state index contributed by atoms with van der Waals surface area (Å²) in [5.41, 5.74) is 0.502. The molecule has 0 heterocycles. The SMILES string of the molecule is O=C(NCCC1CCCC1)c1ccc(Br)c(O)c1. The van der Waals surface area contributed by atoms with Crippen molar-refractivity contribution in [2.24, 2.45) is 5.92 Å². The standard InChI is InChI=1S/C14H18BrNO2/c15-12-6-5-11(9-13(12)17)14(18)16-8-7-10-3-1-2-4-10/h5-6,9-10,17H,1-4,7-8H2,(H,16,18). The normalized spacial score (nSPS) is 15.8. The second-order valence-electron chi connectivity index (χ2n) is 4.86. The summed E-state index contributed by atoms with van der Waals surface area (Å²) in [5.74, 6) is 0.762. The first-order valence-corrected chi connectivity index (χ1v) is 7.23. The third kappa shape index (κ3) is 3.48. The van der Waals surface area contributed by atoms with Crippen LogP contribution in [-0.2, 0) is 0 Å². The van der Waals surface area contributed by atoms with Gasteiger partial charge in [-0.1, -0.05) is 25.7 Å². The fraction of sp³-hybridized carbons (Fsp3) is 0.500. The molecular weight excluding hydrogens is 294 g/mol. The lowest BCUT2D eigenvalue weighted by atomic mass is 10.0. The fourth-order valence-corrected chi connectivity index (χ4v) is 2.69. The van der Waals surface area contributed by atoms with Gasteiger partial charge >= 0.3 is 0 Å². The van der Waals surface area contributed by atoms with Gasteiger partial charge in [-0.25, -0.2) is 0 Å². The Morgan fingerprint density at radius 3 is 2.78 bits per heavy atom. The smallest absolute Gasteiger partial charge is 0.251 e. The minimum atomic E-state index is -0.115. The molecule has 0 spiro atoms. The Bertz CT molecular complexity index is 428. The topological polar surface area (TPSA) is 49.3 Å². The second-order valence-corrected chi connectivity index (χ2v) is 5.72. The summed E-state index contributed by atoms with van der Waals surface area (Å²) in [5, 5.41) is 12.4. The van der Waals surface area contributed by atoms with E-state index < -0.39 is 0 Å². The highest BCUT2D eigenvalue weighted by Crippen LogP contribution is 2.27. The van der Waals surface area contributed by atoms with Crippen molar-refractivity contribution in [3.8, 4) is 5.75 Å². The minimum Gasteiger partial charge on any atom is -0.507 e. The van der Waals surface area contributed by atoms with Crippen LogP contribution in [-0.4, -0.2) is 17.6 Å². The lowest BCUT2D eigenvalue weighted by molar-refractivity contribution is 0.0951. The fourth-order valence-electron chi connectivity index (χ4n) is 2.44. The molecule has 0 unspecified atom stereocenters. The van der Waals surface area contributed by atoms with E-state index in [1.165, 1.54) is 31.7 Å². The van der Waals surface area contributed by atoms with Crippen molar-refractivity contribution in [3.05, 3.63) is 28.2 Å². The largest absolute Gasteiger partial charge is 0.507 e. The molecule has 0 atom stereocenters. The van der Waals surface area contributed by atoms with Crippen molar-refractivity contribution >= 4 is 21.8 Å². The molecule has 1 aliphatic rings. The van der Waals surface area contributed by atoms with E-state index in [4.69, 9.17) is 0 Å². The molecule has 0 bridgehead atoms. The van der Waals surface area contributed by atoms with Gasteiger partial charge in [0.25, 0.3) is 5.91 Å². The number of hydrogen-bond acceptors (Lipinski definition) is 2. The Labute approximate surface area is 116 Å². The zero-order valence-electron chi connectivity index (χ0n) is 10.3. The van der Waals surface area contributed by atoms with Crippen LogP contribution in [0.5, 0.6) is 5.75 Å². The van der Waals surface area contributed by atoms with Gasteiger partial charge in [0.2, 0.25) is 0 Å². The number of halogens is 1. The molecule has 3 nitrogen and oxygen atoms in total. The van der Waals surface area contributed by atoms with Crippen LogP contribution in [0.15, 0.2) is 22.7 Å². The first-order chi connectivity index (χ1) is 8.66. The highest BCUT2D eigenvalue weighted by molar-refractivity contribution is 9.10. The van der Waals surface area contributed by atoms with Gasteiger partial charge in [-0.3, -0.25) is 4.79 Å². The van der Waals surface area contributed by atoms with Gasteiger partial charge < -0.3 is 10.4 Å². The van der Waals surface area contributed by atoms with Crippen molar-refractivity contribution in [2.45, 2.75) is 32.1 Å². The molecule has 2 rings (SSSR count). The molecule has 0 aromatic heterocycles. The maximum Gasteiger partial charge on any atom is 0.251 e. The number of hydrogen-bond donors (Lipinski definition) is 2. The summed E-state index contributed by atoms with van der Waals surface area (Å²) in [7, 11) is 0. The van der Waals surface area contributed by atoms with Gasteiger partial charge in [-0.05, 0) is 46.5 Å². The zero-order chi connectivity index (χ0) is 13.0. The number of carbonyl (C=O) groups excluding carboxylic acids is 1. The van der Waals surface area contributed by atoms with Crippen molar-refractivity contribution in [2.75, 3.05) is 6.54 Å². The predicted octanol–water partition coefficient (Wildman–Crippen LogP) is 3.46. The highest BCUT2D eigenvalue weighted by atomic mass is 79.9. The van der Waals surface area contributed by atoms with Gasteiger partial charge in [-0.2, -0.15) is 0 Å². The highest BCUT2D eigenvalue weighted by Gasteiger charge is 2.15. The number of rotatable bonds is 4. The molecule has 18 heavy (non-hydrogen) atoms. The summed E-state index contributed by atoms with van der Waals surface area (Å²) in [4.78, 5) is 11.8. The number of nitrogens with one attached hydrogen (secondary N) is 1. The van der Waals surface area contributed by atoms with Crippen LogP contribution in [0.2, 0.25) is 0 Å². The van der Waals surface area contributed by atoms with E-state index in [1.54, 1.807) is 12.1 Å². The van der Waals surface area contributed by atoms with Gasteiger partial charge in [0.05, 0.1) is 4.47 Å². The molecule has 1 amide bonds. The molecular formula is C14H18BrNO2. The zero-order valence-corrected chi connectivity index (χ0v) is 11.9. The number of carbonyl (C=O) groups is 1. The number of amides is 1. The van der Waals surface area contributed by atoms with Crippen LogP contribution in [0.4, 0.5) is 0 Å². The van der Waals surface area contributed by atoms with E-state index in [0.717, 1.165) is 18.9 Å². The molecule has 1 fully saturated rings. The average molecular weight is 312 g/mol. The quantitative estimate of drug-likeness (QED) is 0.894. The van der Waals surface area contributed by atoms with Crippen LogP contribution in [0, 0.1) is 5.92 Å². The summed E-state index contributed by atoms with van der Waals surface area (Å²) < 4.78 is 0.602. The monoisotopic (exact) mass is 311 g/mol. The third-order valence-electron chi connectivity index (χ3n) is 3.52. The van der Waals surface area contributed by atoms with Gasteiger partial charge in [0, 0.05) is 12.1 Å².